The summed E-state index contributed by atoms with van der Waals surface area (Å²) in [6.07, 6.45) is 3.72. The third-order valence-electron chi connectivity index (χ3n) is 3.38. The Labute approximate surface area is 125 Å². The Morgan fingerprint density at radius 3 is 2.70 bits per heavy atom. The molecular weight excluding hydrogens is 272 g/mol. The summed E-state index contributed by atoms with van der Waals surface area (Å²) in [5.41, 5.74) is 1.23. The first kappa shape index (κ1) is 15.8. The Morgan fingerprint density at radius 1 is 1.25 bits per heavy atom. The largest absolute Gasteiger partial charge is 0.374 e. The molecule has 0 heterocycles. The highest BCUT2D eigenvalue weighted by Gasteiger charge is 2.26. The molecule has 1 aliphatic rings. The van der Waals surface area contributed by atoms with Crippen molar-refractivity contribution in [3.63, 3.8) is 0 Å². The van der Waals surface area contributed by atoms with Crippen LogP contribution in [0.1, 0.15) is 38.7 Å². The molecule has 2 rings (SSSR count). The van der Waals surface area contributed by atoms with Crippen LogP contribution in [0.5, 0.6) is 0 Å². The first-order valence-electron chi connectivity index (χ1n) is 7.16. The minimum atomic E-state index is -1.03. The first-order chi connectivity index (χ1) is 9.53. The maximum atomic E-state index is 9.49. The van der Waals surface area contributed by atoms with Crippen molar-refractivity contribution in [3.8, 4) is 0 Å². The molecule has 20 heavy (non-hydrogen) atoms. The van der Waals surface area contributed by atoms with Crippen molar-refractivity contribution < 1.29 is 14.6 Å². The van der Waals surface area contributed by atoms with Gasteiger partial charge in [-0.15, -0.1) is 11.8 Å². The van der Waals surface area contributed by atoms with E-state index in [4.69, 9.17) is 9.47 Å². The van der Waals surface area contributed by atoms with Crippen molar-refractivity contribution >= 4 is 11.8 Å². The van der Waals surface area contributed by atoms with Gasteiger partial charge in [0.15, 0.2) is 5.79 Å². The van der Waals surface area contributed by atoms with Gasteiger partial charge in [-0.3, -0.25) is 0 Å². The number of aliphatic hydroxyl groups is 1. The van der Waals surface area contributed by atoms with E-state index in [0.29, 0.717) is 23.9 Å². The van der Waals surface area contributed by atoms with Crippen molar-refractivity contribution in [3.05, 3.63) is 35.9 Å². The van der Waals surface area contributed by atoms with E-state index < -0.39 is 5.79 Å². The Bertz CT molecular complexity index is 388. The molecule has 1 aliphatic carbocycles. The molecule has 0 aromatic heterocycles. The van der Waals surface area contributed by atoms with Crippen LogP contribution in [0.15, 0.2) is 30.3 Å². The Balaban J connectivity index is 1.63. The molecule has 0 bridgehead atoms. The molecule has 4 heteroatoms. The highest BCUT2D eigenvalue weighted by atomic mass is 32.2. The molecule has 0 aliphatic heterocycles. The van der Waals surface area contributed by atoms with Crippen molar-refractivity contribution in [2.45, 2.75) is 56.9 Å². The van der Waals surface area contributed by atoms with Crippen LogP contribution in [-0.4, -0.2) is 28.2 Å². The van der Waals surface area contributed by atoms with Crippen LogP contribution in [0.4, 0.5) is 0 Å². The number of rotatable bonds is 7. The summed E-state index contributed by atoms with van der Waals surface area (Å²) in [5.74, 6) is -0.492. The lowest BCUT2D eigenvalue weighted by Gasteiger charge is -2.19. The van der Waals surface area contributed by atoms with Crippen LogP contribution in [0.25, 0.3) is 0 Å². The lowest BCUT2D eigenvalue weighted by atomic mass is 10.2. The molecule has 2 unspecified atom stereocenters. The van der Waals surface area contributed by atoms with Crippen molar-refractivity contribution in [2.24, 2.45) is 0 Å². The lowest BCUT2D eigenvalue weighted by molar-refractivity contribution is -0.160. The number of hydrogen-bond donors (Lipinski definition) is 1. The maximum Gasteiger partial charge on any atom is 0.160 e. The Kier molecular flexibility index (Phi) is 5.90. The second-order valence-corrected chi connectivity index (χ2v) is 6.96. The third kappa shape index (κ3) is 5.83. The summed E-state index contributed by atoms with van der Waals surface area (Å²) >= 11 is 1.77. The minimum absolute atomic E-state index is 0.356. The third-order valence-corrected chi connectivity index (χ3v) is 4.53. The van der Waals surface area contributed by atoms with E-state index in [2.05, 4.69) is 12.1 Å². The van der Waals surface area contributed by atoms with Crippen LogP contribution in [-0.2, 0) is 16.1 Å². The Morgan fingerprint density at radius 2 is 2.00 bits per heavy atom. The minimum Gasteiger partial charge on any atom is -0.374 e. The van der Waals surface area contributed by atoms with E-state index in [9.17, 15) is 5.11 Å². The van der Waals surface area contributed by atoms with Crippen LogP contribution in [0.2, 0.25) is 0 Å². The molecule has 1 aromatic carbocycles. The zero-order chi connectivity index (χ0) is 14.4. The first-order valence-corrected chi connectivity index (χ1v) is 8.21. The summed E-state index contributed by atoms with van der Waals surface area (Å²) in [6, 6.07) is 10.3. The molecule has 3 nitrogen and oxygen atoms in total. The number of benzene rings is 1. The molecule has 1 aromatic rings. The fourth-order valence-corrected chi connectivity index (χ4v) is 3.47. The second kappa shape index (κ2) is 7.46. The molecule has 0 spiro atoms. The van der Waals surface area contributed by atoms with Crippen molar-refractivity contribution in [1.29, 1.82) is 0 Å². The van der Waals surface area contributed by atoms with Gasteiger partial charge >= 0.3 is 0 Å². The van der Waals surface area contributed by atoms with Gasteiger partial charge in [0.25, 0.3) is 0 Å². The van der Waals surface area contributed by atoms with Gasteiger partial charge < -0.3 is 14.6 Å². The predicted molar refractivity (Wildman–Crippen MR) is 82.5 cm³/mol. The fraction of sp³-hybridized carbons (Fsp3) is 0.625. The smallest absolute Gasteiger partial charge is 0.160 e. The van der Waals surface area contributed by atoms with E-state index in [1.165, 1.54) is 12.0 Å². The number of thioether (sulfide) groups is 1. The molecule has 112 valence electrons. The van der Waals surface area contributed by atoms with Gasteiger partial charge in [0.05, 0.1) is 18.6 Å². The van der Waals surface area contributed by atoms with Crippen LogP contribution in [0.3, 0.4) is 0 Å². The van der Waals surface area contributed by atoms with E-state index in [1.54, 1.807) is 25.6 Å². The molecule has 1 fully saturated rings. The van der Waals surface area contributed by atoms with Crippen molar-refractivity contribution in [1.82, 2.24) is 0 Å². The molecule has 2 atom stereocenters. The van der Waals surface area contributed by atoms with Crippen LogP contribution in [0, 0.1) is 0 Å². The topological polar surface area (TPSA) is 38.7 Å². The quantitative estimate of drug-likeness (QED) is 0.781. The maximum absolute atomic E-state index is 9.49. The lowest BCUT2D eigenvalue weighted by Crippen LogP contribution is -2.23. The highest BCUT2D eigenvalue weighted by molar-refractivity contribution is 7.99. The number of hydrogen-bond acceptors (Lipinski definition) is 4. The Hall–Kier alpha value is -0.550. The monoisotopic (exact) mass is 296 g/mol. The van der Waals surface area contributed by atoms with Gasteiger partial charge in [-0.1, -0.05) is 30.3 Å². The average Bonchev–Trinajstić information content (AvgIpc) is 2.84. The highest BCUT2D eigenvalue weighted by Crippen LogP contribution is 2.32. The molecule has 0 radical (unpaired) electrons. The molecular formula is C16H24O3S. The SMILES string of the molecule is CC(C)(O)OCSC1CCC(OCc2ccccc2)C1. The van der Waals surface area contributed by atoms with Gasteiger partial charge in [0, 0.05) is 5.25 Å². The van der Waals surface area contributed by atoms with Gasteiger partial charge in [0.2, 0.25) is 0 Å². The van der Waals surface area contributed by atoms with Crippen molar-refractivity contribution in [2.75, 3.05) is 5.94 Å². The molecule has 1 saturated carbocycles. The summed E-state index contributed by atoms with van der Waals surface area (Å²) in [7, 11) is 0. The molecule has 1 N–H and O–H groups in total. The molecule has 0 amide bonds. The zero-order valence-electron chi connectivity index (χ0n) is 12.2. The van der Waals surface area contributed by atoms with E-state index >= 15 is 0 Å². The van der Waals surface area contributed by atoms with Gasteiger partial charge in [-0.2, -0.15) is 0 Å². The standard InChI is InChI=1S/C16H24O3S/c1-16(2,17)19-12-20-15-9-8-14(10-15)18-11-13-6-4-3-5-7-13/h3-7,14-15,17H,8-12H2,1-2H3. The van der Waals surface area contributed by atoms with Gasteiger partial charge in [0.1, 0.15) is 0 Å². The summed E-state index contributed by atoms with van der Waals surface area (Å²) in [4.78, 5) is 0. The fourth-order valence-electron chi connectivity index (χ4n) is 2.27. The van der Waals surface area contributed by atoms with E-state index in [0.717, 1.165) is 12.8 Å². The number of ether oxygens (including phenoxy) is 2. The normalized spacial score (nSPS) is 23.1. The predicted octanol–water partition coefficient (Wildman–Crippen LogP) is 3.56. The summed E-state index contributed by atoms with van der Waals surface area (Å²) in [6.45, 7) is 4.02. The van der Waals surface area contributed by atoms with Crippen LogP contribution >= 0.6 is 11.8 Å². The zero-order valence-corrected chi connectivity index (χ0v) is 13.1. The average molecular weight is 296 g/mol. The van der Waals surface area contributed by atoms with E-state index in [-0.39, 0.29) is 0 Å². The van der Waals surface area contributed by atoms with E-state index in [1.807, 2.05) is 18.2 Å². The summed E-state index contributed by atoms with van der Waals surface area (Å²) in [5, 5.41) is 10.1. The van der Waals surface area contributed by atoms with Gasteiger partial charge in [-0.05, 0) is 38.7 Å². The van der Waals surface area contributed by atoms with Crippen LogP contribution < -0.4 is 0 Å². The molecule has 0 saturated heterocycles. The van der Waals surface area contributed by atoms with Gasteiger partial charge in [-0.25, -0.2) is 0 Å². The summed E-state index contributed by atoms with van der Waals surface area (Å²) < 4.78 is 11.3. The second-order valence-electron chi connectivity index (χ2n) is 5.73.